The average molecular weight is 419 g/mol. The average Bonchev–Trinajstić information content (AvgIpc) is 3.07. The Labute approximate surface area is 172 Å². The summed E-state index contributed by atoms with van der Waals surface area (Å²) in [7, 11) is -3.30. The van der Waals surface area contributed by atoms with Crippen LogP contribution in [-0.4, -0.2) is 48.2 Å². The van der Waals surface area contributed by atoms with Crippen LogP contribution in [0, 0.1) is 6.92 Å². The number of hydrogen-bond acceptors (Lipinski definition) is 5. The maximum absolute atomic E-state index is 11.8. The predicted octanol–water partition coefficient (Wildman–Crippen LogP) is 2.73. The first-order valence-corrected chi connectivity index (χ1v) is 12.3. The molecule has 2 aliphatic rings. The van der Waals surface area contributed by atoms with Crippen molar-refractivity contribution in [3.8, 4) is 0 Å². The van der Waals surface area contributed by atoms with Gasteiger partial charge >= 0.3 is 0 Å². The number of benzene rings is 1. The van der Waals surface area contributed by atoms with E-state index >= 15 is 0 Å². The lowest BCUT2D eigenvalue weighted by molar-refractivity contribution is -0.00350. The lowest BCUT2D eigenvalue weighted by Crippen LogP contribution is -2.46. The number of fused-ring (bicyclic) bond motifs is 1. The van der Waals surface area contributed by atoms with Crippen LogP contribution in [0.4, 0.5) is 0 Å². The Balaban J connectivity index is 1.39. The number of hydrogen-bond donors (Lipinski definition) is 1. The van der Waals surface area contributed by atoms with E-state index in [-0.39, 0.29) is 18.2 Å². The molecule has 1 aromatic carbocycles. The van der Waals surface area contributed by atoms with Crippen LogP contribution < -0.4 is 4.72 Å². The highest BCUT2D eigenvalue weighted by Gasteiger charge is 2.34. The molecule has 158 valence electrons. The van der Waals surface area contributed by atoms with Gasteiger partial charge in [0, 0.05) is 12.5 Å². The zero-order valence-corrected chi connectivity index (χ0v) is 17.9. The molecule has 1 saturated carbocycles. The molecule has 0 spiro atoms. The molecule has 1 N–H and O–H groups in total. The van der Waals surface area contributed by atoms with E-state index in [4.69, 9.17) is 4.74 Å². The number of rotatable bonds is 6. The van der Waals surface area contributed by atoms with Crippen molar-refractivity contribution in [3.63, 3.8) is 0 Å². The minimum Gasteiger partial charge on any atom is -0.376 e. The van der Waals surface area contributed by atoms with Crippen molar-refractivity contribution in [2.75, 3.05) is 12.9 Å². The van der Waals surface area contributed by atoms with Crippen molar-refractivity contribution < 1.29 is 13.2 Å². The molecule has 1 fully saturated rings. The molecule has 0 amide bonds. The zero-order chi connectivity index (χ0) is 20.4. The van der Waals surface area contributed by atoms with Gasteiger partial charge in [0.1, 0.15) is 11.6 Å². The normalized spacial score (nSPS) is 27.5. The maximum atomic E-state index is 11.8. The fraction of sp³-hybridized carbons (Fsp3) is 0.619. The van der Waals surface area contributed by atoms with Gasteiger partial charge in [0.05, 0.1) is 25.0 Å². The number of nitrogens with one attached hydrogen (secondary N) is 1. The van der Waals surface area contributed by atoms with Gasteiger partial charge in [-0.3, -0.25) is 0 Å². The van der Waals surface area contributed by atoms with Crippen molar-refractivity contribution in [2.24, 2.45) is 0 Å². The SMILES string of the molecule is Cc1nc2n(n1)C(COC1CCC(c3ccccc3)CC1)C(NS(C)(=O)=O)CC2. The summed E-state index contributed by atoms with van der Waals surface area (Å²) in [6.45, 7) is 2.32. The summed E-state index contributed by atoms with van der Waals surface area (Å²) in [6, 6.07) is 10.3. The van der Waals surface area contributed by atoms with Crippen LogP contribution >= 0.6 is 0 Å². The zero-order valence-electron chi connectivity index (χ0n) is 17.1. The summed E-state index contributed by atoms with van der Waals surface area (Å²) >= 11 is 0. The van der Waals surface area contributed by atoms with Gasteiger partial charge in [-0.1, -0.05) is 30.3 Å². The second kappa shape index (κ2) is 8.53. The highest BCUT2D eigenvalue weighted by Crippen LogP contribution is 2.34. The molecular formula is C21H30N4O3S. The number of aryl methyl sites for hydroxylation is 2. The van der Waals surface area contributed by atoms with Crippen LogP contribution in [0.25, 0.3) is 0 Å². The third kappa shape index (κ3) is 5.05. The van der Waals surface area contributed by atoms with Gasteiger partial charge in [-0.15, -0.1) is 0 Å². The molecule has 29 heavy (non-hydrogen) atoms. The molecule has 2 atom stereocenters. The number of aromatic nitrogens is 3. The third-order valence-corrected chi connectivity index (χ3v) is 6.81. The molecule has 7 nitrogen and oxygen atoms in total. The highest BCUT2D eigenvalue weighted by atomic mass is 32.2. The molecule has 0 bridgehead atoms. The predicted molar refractivity (Wildman–Crippen MR) is 111 cm³/mol. The Bertz CT molecular complexity index is 921. The molecule has 0 radical (unpaired) electrons. The van der Waals surface area contributed by atoms with Crippen LogP contribution in [0.5, 0.6) is 0 Å². The van der Waals surface area contributed by atoms with Gasteiger partial charge in [-0.05, 0) is 50.5 Å². The minimum absolute atomic E-state index is 0.165. The standard InChI is InChI=1S/C21H30N4O3S/c1-15-22-21-13-12-19(24-29(2,26)27)20(25(21)23-15)14-28-18-10-8-17(9-11-18)16-6-4-3-5-7-16/h3-7,17-20,24H,8-14H2,1-2H3. The molecule has 1 aliphatic carbocycles. The second-order valence-electron chi connectivity index (χ2n) is 8.34. The fourth-order valence-corrected chi connectivity index (χ4v) is 5.50. The van der Waals surface area contributed by atoms with Gasteiger partial charge in [0.15, 0.2) is 0 Å². The molecule has 0 saturated heterocycles. The van der Waals surface area contributed by atoms with Crippen molar-refractivity contribution in [1.29, 1.82) is 0 Å². The summed E-state index contributed by atoms with van der Waals surface area (Å²) in [5.41, 5.74) is 1.42. The fourth-order valence-electron chi connectivity index (χ4n) is 4.68. The summed E-state index contributed by atoms with van der Waals surface area (Å²) in [5, 5.41) is 4.52. The van der Waals surface area contributed by atoms with E-state index in [2.05, 4.69) is 45.1 Å². The van der Waals surface area contributed by atoms with E-state index < -0.39 is 10.0 Å². The minimum atomic E-state index is -3.30. The van der Waals surface area contributed by atoms with Crippen molar-refractivity contribution in [1.82, 2.24) is 19.5 Å². The van der Waals surface area contributed by atoms with E-state index in [1.165, 1.54) is 11.8 Å². The largest absolute Gasteiger partial charge is 0.376 e. The Morgan fingerprint density at radius 3 is 2.55 bits per heavy atom. The first-order chi connectivity index (χ1) is 13.9. The van der Waals surface area contributed by atoms with Crippen molar-refractivity contribution in [3.05, 3.63) is 47.5 Å². The first kappa shape index (κ1) is 20.5. The second-order valence-corrected chi connectivity index (χ2v) is 10.1. The van der Waals surface area contributed by atoms with Gasteiger partial charge in [-0.25, -0.2) is 22.8 Å². The Morgan fingerprint density at radius 2 is 1.86 bits per heavy atom. The van der Waals surface area contributed by atoms with E-state index in [1.807, 2.05) is 11.6 Å². The van der Waals surface area contributed by atoms with Crippen LogP contribution in [0.15, 0.2) is 30.3 Å². The molecule has 1 aromatic heterocycles. The molecule has 8 heteroatoms. The Kier molecular flexibility index (Phi) is 6.03. The third-order valence-electron chi connectivity index (χ3n) is 6.08. The summed E-state index contributed by atoms with van der Waals surface area (Å²) < 4.78 is 34.6. The van der Waals surface area contributed by atoms with Gasteiger partial charge in [0.25, 0.3) is 0 Å². The van der Waals surface area contributed by atoms with Crippen molar-refractivity contribution >= 4 is 10.0 Å². The summed E-state index contributed by atoms with van der Waals surface area (Å²) in [4.78, 5) is 4.49. The quantitative estimate of drug-likeness (QED) is 0.780. The van der Waals surface area contributed by atoms with Gasteiger partial charge < -0.3 is 4.74 Å². The lowest BCUT2D eigenvalue weighted by atomic mass is 9.83. The van der Waals surface area contributed by atoms with Gasteiger partial charge in [-0.2, -0.15) is 5.10 Å². The number of nitrogens with zero attached hydrogens (tertiary/aromatic N) is 3. The summed E-state index contributed by atoms with van der Waals surface area (Å²) in [5.74, 6) is 2.23. The Hall–Kier alpha value is -1.77. The molecule has 2 heterocycles. The van der Waals surface area contributed by atoms with E-state index in [1.54, 1.807) is 0 Å². The van der Waals surface area contributed by atoms with E-state index in [0.29, 0.717) is 31.2 Å². The molecule has 4 rings (SSSR count). The molecule has 2 unspecified atom stereocenters. The van der Waals surface area contributed by atoms with E-state index in [9.17, 15) is 8.42 Å². The molecular weight excluding hydrogens is 388 g/mol. The van der Waals surface area contributed by atoms with Crippen molar-refractivity contribution in [2.45, 2.75) is 69.6 Å². The van der Waals surface area contributed by atoms with Crippen LogP contribution in [-0.2, 0) is 21.2 Å². The number of ether oxygens (including phenoxy) is 1. The van der Waals surface area contributed by atoms with E-state index in [0.717, 1.165) is 31.5 Å². The van der Waals surface area contributed by atoms with Gasteiger partial charge in [0.2, 0.25) is 10.0 Å². The van der Waals surface area contributed by atoms with Crippen LogP contribution in [0.1, 0.15) is 61.3 Å². The molecule has 1 aliphatic heterocycles. The Morgan fingerprint density at radius 1 is 1.14 bits per heavy atom. The monoisotopic (exact) mass is 418 g/mol. The highest BCUT2D eigenvalue weighted by molar-refractivity contribution is 7.88. The summed E-state index contributed by atoms with van der Waals surface area (Å²) in [6.07, 6.45) is 7.14. The maximum Gasteiger partial charge on any atom is 0.209 e. The topological polar surface area (TPSA) is 86.1 Å². The smallest absolute Gasteiger partial charge is 0.209 e. The van der Waals surface area contributed by atoms with Crippen LogP contribution in [0.2, 0.25) is 0 Å². The lowest BCUT2D eigenvalue weighted by Gasteiger charge is -2.34. The first-order valence-electron chi connectivity index (χ1n) is 10.4. The number of sulfonamides is 1. The van der Waals surface area contributed by atoms with Crippen LogP contribution in [0.3, 0.4) is 0 Å². The molecule has 2 aromatic rings.